The van der Waals surface area contributed by atoms with Crippen LogP contribution in [0.4, 0.5) is 24.5 Å². The van der Waals surface area contributed by atoms with Crippen LogP contribution in [0.3, 0.4) is 0 Å². The fourth-order valence-electron chi connectivity index (χ4n) is 3.78. The van der Waals surface area contributed by atoms with Crippen LogP contribution in [0.15, 0.2) is 48.5 Å². The first-order chi connectivity index (χ1) is 15.5. The minimum Gasteiger partial charge on any atom is -0.478 e. The van der Waals surface area contributed by atoms with Gasteiger partial charge in [-0.05, 0) is 61.4 Å². The normalized spacial score (nSPS) is 12.0. The Morgan fingerprint density at radius 2 is 1.73 bits per heavy atom. The van der Waals surface area contributed by atoms with Crippen LogP contribution >= 0.6 is 0 Å². The van der Waals surface area contributed by atoms with E-state index >= 15 is 4.39 Å². The number of nitrogens with zero attached hydrogens (tertiary/aromatic N) is 1. The molecule has 3 aromatic carbocycles. The van der Waals surface area contributed by atoms with Crippen molar-refractivity contribution in [1.82, 2.24) is 0 Å². The molecule has 33 heavy (non-hydrogen) atoms. The van der Waals surface area contributed by atoms with E-state index in [1.165, 1.54) is 36.2 Å². The molecule has 7 heteroatoms. The van der Waals surface area contributed by atoms with Gasteiger partial charge < -0.3 is 14.7 Å². The average Bonchev–Trinajstić information content (AvgIpc) is 2.74. The van der Waals surface area contributed by atoms with E-state index in [4.69, 9.17) is 4.74 Å². The van der Waals surface area contributed by atoms with Gasteiger partial charge in [-0.2, -0.15) is 0 Å². The second kappa shape index (κ2) is 9.57. The molecule has 1 N–H and O–H groups in total. The van der Waals surface area contributed by atoms with E-state index < -0.39 is 29.5 Å². The van der Waals surface area contributed by atoms with Gasteiger partial charge >= 0.3 is 5.97 Å². The lowest BCUT2D eigenvalue weighted by Gasteiger charge is -2.27. The number of ether oxygens (including phenoxy) is 1. The highest BCUT2D eigenvalue weighted by Gasteiger charge is 2.26. The predicted molar refractivity (Wildman–Crippen MR) is 123 cm³/mol. The van der Waals surface area contributed by atoms with Gasteiger partial charge in [0, 0.05) is 24.1 Å². The van der Waals surface area contributed by atoms with Crippen molar-refractivity contribution in [3.63, 3.8) is 0 Å². The number of hydrogen-bond acceptors (Lipinski definition) is 3. The number of carboxylic acids is 1. The van der Waals surface area contributed by atoms with Gasteiger partial charge in [0.15, 0.2) is 11.9 Å². The van der Waals surface area contributed by atoms with E-state index in [1.54, 1.807) is 45.9 Å². The van der Waals surface area contributed by atoms with E-state index in [-0.39, 0.29) is 28.6 Å². The van der Waals surface area contributed by atoms with Gasteiger partial charge in [-0.3, -0.25) is 0 Å². The number of carboxylic acid groups (broad SMARTS) is 1. The molecule has 0 spiro atoms. The van der Waals surface area contributed by atoms with Crippen LogP contribution in [0.2, 0.25) is 0 Å². The smallest absolute Gasteiger partial charge is 0.345 e. The largest absolute Gasteiger partial charge is 0.478 e. The molecule has 0 aliphatic rings. The number of aryl methyl sites for hydroxylation is 1. The third-order valence-corrected chi connectivity index (χ3v) is 5.47. The maximum Gasteiger partial charge on any atom is 0.345 e. The number of rotatable bonds is 7. The zero-order valence-corrected chi connectivity index (χ0v) is 19.1. The molecular weight excluding hydrogens is 431 g/mol. The molecule has 0 aromatic heterocycles. The lowest BCUT2D eigenvalue weighted by molar-refractivity contribution is -0.147. The van der Waals surface area contributed by atoms with Crippen LogP contribution in [-0.4, -0.2) is 24.2 Å². The second-order valence-electron chi connectivity index (χ2n) is 8.35. The van der Waals surface area contributed by atoms with Crippen molar-refractivity contribution in [2.45, 2.75) is 33.8 Å². The van der Waals surface area contributed by atoms with E-state index in [9.17, 15) is 18.7 Å². The molecule has 3 rings (SSSR count). The monoisotopic (exact) mass is 457 g/mol. The van der Waals surface area contributed by atoms with Crippen LogP contribution in [0.5, 0.6) is 5.75 Å². The molecular formula is C26H26F3NO3. The molecule has 1 unspecified atom stereocenters. The molecule has 0 fully saturated rings. The van der Waals surface area contributed by atoms with Crippen molar-refractivity contribution in [3.05, 3.63) is 77.1 Å². The molecule has 0 saturated heterocycles. The van der Waals surface area contributed by atoms with E-state index in [1.807, 2.05) is 0 Å². The van der Waals surface area contributed by atoms with Gasteiger partial charge in [0.1, 0.15) is 17.4 Å². The van der Waals surface area contributed by atoms with E-state index in [0.29, 0.717) is 16.7 Å². The van der Waals surface area contributed by atoms with Gasteiger partial charge in [0.2, 0.25) is 0 Å². The minimum atomic E-state index is -1.13. The summed E-state index contributed by atoms with van der Waals surface area (Å²) < 4.78 is 50.0. The Bertz CT molecular complexity index is 1190. The van der Waals surface area contributed by atoms with Crippen molar-refractivity contribution in [3.8, 4) is 16.9 Å². The molecule has 4 nitrogen and oxygen atoms in total. The summed E-state index contributed by atoms with van der Waals surface area (Å²) in [7, 11) is 1.51. The van der Waals surface area contributed by atoms with E-state index in [2.05, 4.69) is 0 Å². The zero-order valence-electron chi connectivity index (χ0n) is 19.1. The minimum absolute atomic E-state index is 0.0510. The molecule has 0 heterocycles. The lowest BCUT2D eigenvalue weighted by Crippen LogP contribution is -2.32. The van der Waals surface area contributed by atoms with Crippen molar-refractivity contribution >= 4 is 17.3 Å². The van der Waals surface area contributed by atoms with Gasteiger partial charge in [0.05, 0.1) is 11.4 Å². The summed E-state index contributed by atoms with van der Waals surface area (Å²) in [6.07, 6.45) is -1.12. The topological polar surface area (TPSA) is 49.8 Å². The van der Waals surface area contributed by atoms with Crippen LogP contribution < -0.4 is 9.64 Å². The summed E-state index contributed by atoms with van der Waals surface area (Å²) >= 11 is 0. The van der Waals surface area contributed by atoms with Gasteiger partial charge in [-0.15, -0.1) is 0 Å². The maximum atomic E-state index is 15.6. The second-order valence-corrected chi connectivity index (χ2v) is 8.35. The number of hydrogen-bond donors (Lipinski definition) is 1. The van der Waals surface area contributed by atoms with Crippen molar-refractivity contribution in [1.29, 1.82) is 0 Å². The summed E-state index contributed by atoms with van der Waals surface area (Å²) in [5.74, 6) is -3.01. The third kappa shape index (κ3) is 4.97. The Balaban J connectivity index is 2.11. The first-order valence-electron chi connectivity index (χ1n) is 10.5. The summed E-state index contributed by atoms with van der Waals surface area (Å²) in [4.78, 5) is 12.9. The Kier molecular flexibility index (Phi) is 7.01. The SMILES string of the molecule is Cc1cc(-c2cccc(F)c2)c(F)c(N(C)c2c(F)ccc(OC(C(=O)O)C(C)C)c2C)c1. The first kappa shape index (κ1) is 24.2. The number of anilines is 2. The number of benzene rings is 3. The summed E-state index contributed by atoms with van der Waals surface area (Å²) in [5.41, 5.74) is 1.72. The number of halogens is 3. The Hall–Kier alpha value is -3.48. The average molecular weight is 457 g/mol. The summed E-state index contributed by atoms with van der Waals surface area (Å²) in [6.45, 7) is 6.77. The first-order valence-corrected chi connectivity index (χ1v) is 10.5. The molecule has 0 saturated carbocycles. The zero-order chi connectivity index (χ0) is 24.4. The molecule has 1 atom stereocenters. The Morgan fingerprint density at radius 1 is 1.03 bits per heavy atom. The number of carbonyl (C=O) groups is 1. The van der Waals surface area contributed by atoms with Crippen molar-refractivity contribution in [2.24, 2.45) is 5.92 Å². The summed E-state index contributed by atoms with van der Waals surface area (Å²) in [5, 5.41) is 9.45. The third-order valence-electron chi connectivity index (χ3n) is 5.47. The maximum absolute atomic E-state index is 15.6. The Labute approximate surface area is 191 Å². The molecule has 0 radical (unpaired) electrons. The van der Waals surface area contributed by atoms with Gasteiger partial charge in [0.25, 0.3) is 0 Å². The molecule has 0 bridgehead atoms. The Morgan fingerprint density at radius 3 is 2.33 bits per heavy atom. The fraction of sp³-hybridized carbons (Fsp3) is 0.269. The molecule has 0 amide bonds. The fourth-order valence-corrected chi connectivity index (χ4v) is 3.78. The van der Waals surface area contributed by atoms with Crippen LogP contribution in [0.25, 0.3) is 11.1 Å². The molecule has 0 aliphatic heterocycles. The lowest BCUT2D eigenvalue weighted by atomic mass is 10.0. The molecule has 3 aromatic rings. The number of aliphatic carboxylic acids is 1. The van der Waals surface area contributed by atoms with Crippen LogP contribution in [0, 0.1) is 37.2 Å². The highest BCUT2D eigenvalue weighted by molar-refractivity contribution is 5.77. The van der Waals surface area contributed by atoms with Crippen molar-refractivity contribution in [2.75, 3.05) is 11.9 Å². The highest BCUT2D eigenvalue weighted by Crippen LogP contribution is 2.39. The predicted octanol–water partition coefficient (Wildman–Crippen LogP) is 6.64. The van der Waals surface area contributed by atoms with Crippen LogP contribution in [-0.2, 0) is 4.79 Å². The molecule has 174 valence electrons. The van der Waals surface area contributed by atoms with Crippen molar-refractivity contribution < 1.29 is 27.8 Å². The highest BCUT2D eigenvalue weighted by atomic mass is 19.1. The quantitative estimate of drug-likeness (QED) is 0.432. The standard InChI is InChI=1S/C26H26F3NO3/c1-14(2)25(26(31)32)33-22-10-9-20(28)24(16(22)4)30(5)21-12-15(3)11-19(23(21)29)17-7-6-8-18(27)13-17/h6-14,25H,1-5H3,(H,31,32). The van der Waals surface area contributed by atoms with Gasteiger partial charge in [-0.1, -0.05) is 26.0 Å². The molecule has 0 aliphatic carbocycles. The summed E-state index contributed by atoms with van der Waals surface area (Å²) in [6, 6.07) is 11.3. The van der Waals surface area contributed by atoms with Gasteiger partial charge in [-0.25, -0.2) is 18.0 Å². The van der Waals surface area contributed by atoms with E-state index in [0.717, 1.165) is 6.07 Å². The van der Waals surface area contributed by atoms with Crippen LogP contribution in [0.1, 0.15) is 25.0 Å².